The van der Waals surface area contributed by atoms with Crippen LogP contribution < -0.4 is 0 Å². The van der Waals surface area contributed by atoms with Crippen molar-refractivity contribution in [1.82, 2.24) is 0 Å². The number of esters is 1. The van der Waals surface area contributed by atoms with Gasteiger partial charge in [-0.25, -0.2) is 4.79 Å². The van der Waals surface area contributed by atoms with Gasteiger partial charge in [-0.15, -0.1) is 0 Å². The average Bonchev–Trinajstić information content (AvgIpc) is 2.13. The summed E-state index contributed by atoms with van der Waals surface area (Å²) >= 11 is 0. The molecule has 0 rings (SSSR count). The van der Waals surface area contributed by atoms with Gasteiger partial charge in [-0.05, 0) is 34.6 Å². The van der Waals surface area contributed by atoms with Gasteiger partial charge in [-0.2, -0.15) is 0 Å². The first-order chi connectivity index (χ1) is 7.45. The minimum Gasteiger partial charge on any atom is -0.456 e. The largest absolute Gasteiger partial charge is 0.551 e. The number of carbonyl (C=O) groups excluding carboxylic acids is 1. The van der Waals surface area contributed by atoms with E-state index in [9.17, 15) is 4.79 Å². The molecule has 0 aliphatic carbocycles. The molecular formula is C11H19BO4. The van der Waals surface area contributed by atoms with E-state index in [0.717, 1.165) is 0 Å². The Morgan fingerprint density at radius 2 is 1.69 bits per heavy atom. The van der Waals surface area contributed by atoms with Crippen molar-refractivity contribution >= 4 is 13.1 Å². The second-order valence-corrected chi connectivity index (χ2v) is 3.69. The van der Waals surface area contributed by atoms with Crippen LogP contribution in [0.15, 0.2) is 0 Å². The van der Waals surface area contributed by atoms with E-state index in [4.69, 9.17) is 9.31 Å². The van der Waals surface area contributed by atoms with Crippen LogP contribution >= 0.6 is 0 Å². The maximum atomic E-state index is 11.0. The molecule has 0 amide bonds. The van der Waals surface area contributed by atoms with Gasteiger partial charge in [-0.3, -0.25) is 0 Å². The van der Waals surface area contributed by atoms with Gasteiger partial charge < -0.3 is 14.0 Å². The number of hydrogen-bond donors (Lipinski definition) is 0. The third kappa shape index (κ3) is 8.33. The summed E-state index contributed by atoms with van der Waals surface area (Å²) < 4.78 is 15.5. The molecule has 0 unspecified atom stereocenters. The zero-order chi connectivity index (χ0) is 12.6. The van der Waals surface area contributed by atoms with E-state index in [1.54, 1.807) is 6.92 Å². The lowest BCUT2D eigenvalue weighted by Crippen LogP contribution is -2.28. The van der Waals surface area contributed by atoms with Crippen LogP contribution in [-0.2, 0) is 18.8 Å². The predicted octanol–water partition coefficient (Wildman–Crippen LogP) is 1.43. The molecular weight excluding hydrogens is 207 g/mol. The van der Waals surface area contributed by atoms with E-state index in [-0.39, 0.29) is 12.2 Å². The van der Waals surface area contributed by atoms with Gasteiger partial charge in [0, 0.05) is 18.1 Å². The molecule has 0 atom stereocenters. The molecule has 4 nitrogen and oxygen atoms in total. The summed E-state index contributed by atoms with van der Waals surface area (Å²) in [5.74, 6) is 4.37. The van der Waals surface area contributed by atoms with Crippen LogP contribution in [0.2, 0.25) is 0 Å². The lowest BCUT2D eigenvalue weighted by molar-refractivity contribution is -0.136. The monoisotopic (exact) mass is 226 g/mol. The summed E-state index contributed by atoms with van der Waals surface area (Å²) in [5.41, 5.74) is 0. The third-order valence-corrected chi connectivity index (χ3v) is 1.36. The average molecular weight is 226 g/mol. The lowest BCUT2D eigenvalue weighted by atomic mass is 9.90. The number of ether oxygens (including phenoxy) is 1. The zero-order valence-electron chi connectivity index (χ0n) is 10.6. The van der Waals surface area contributed by atoms with Gasteiger partial charge in [0.25, 0.3) is 0 Å². The minimum atomic E-state index is -0.690. The highest BCUT2D eigenvalue weighted by molar-refractivity contribution is 6.55. The van der Waals surface area contributed by atoms with Crippen LogP contribution in [0.25, 0.3) is 0 Å². The molecule has 0 aromatic carbocycles. The molecule has 0 aromatic rings. The third-order valence-electron chi connectivity index (χ3n) is 1.36. The van der Waals surface area contributed by atoms with Crippen molar-refractivity contribution in [3.8, 4) is 11.7 Å². The molecule has 0 fully saturated rings. The van der Waals surface area contributed by atoms with Gasteiger partial charge in [0.05, 0.1) is 6.61 Å². The molecule has 90 valence electrons. The van der Waals surface area contributed by atoms with Crippen LogP contribution in [0.1, 0.15) is 34.6 Å². The van der Waals surface area contributed by atoms with Gasteiger partial charge in [0.15, 0.2) is 0 Å². The topological polar surface area (TPSA) is 44.8 Å². The summed E-state index contributed by atoms with van der Waals surface area (Å²) in [6.45, 7) is 9.55. The maximum absolute atomic E-state index is 11.0. The normalized spacial score (nSPS) is 9.94. The van der Waals surface area contributed by atoms with Crippen molar-refractivity contribution in [1.29, 1.82) is 0 Å². The minimum absolute atomic E-state index is 0.0137. The van der Waals surface area contributed by atoms with E-state index in [1.165, 1.54) is 0 Å². The number of carbonyl (C=O) groups is 1. The molecule has 0 heterocycles. The van der Waals surface area contributed by atoms with Crippen LogP contribution in [0.5, 0.6) is 0 Å². The zero-order valence-corrected chi connectivity index (χ0v) is 10.6. The highest BCUT2D eigenvalue weighted by atomic mass is 16.6. The molecule has 0 radical (unpaired) electrons. The van der Waals surface area contributed by atoms with Crippen molar-refractivity contribution in [3.63, 3.8) is 0 Å². The summed E-state index contributed by atoms with van der Waals surface area (Å²) in [6, 6.07) is 0. The van der Waals surface area contributed by atoms with Gasteiger partial charge >= 0.3 is 13.1 Å². The standard InChI is InChI=1S/C11H19BO4/c1-6-14-11(13)7-8-12(15-9(2)3)16-10(4)5/h9-10H,6H2,1-5H3. The molecule has 0 aliphatic rings. The Morgan fingerprint density at radius 3 is 2.06 bits per heavy atom. The van der Waals surface area contributed by atoms with Crippen LogP contribution in [0, 0.1) is 11.7 Å². The molecule has 0 aromatic heterocycles. The highest BCUT2D eigenvalue weighted by Crippen LogP contribution is 1.99. The van der Waals surface area contributed by atoms with Crippen LogP contribution in [0.4, 0.5) is 0 Å². The summed E-state index contributed by atoms with van der Waals surface area (Å²) in [6.07, 6.45) is -0.0273. The van der Waals surface area contributed by atoms with E-state index >= 15 is 0 Å². The van der Waals surface area contributed by atoms with Crippen molar-refractivity contribution in [3.05, 3.63) is 0 Å². The van der Waals surface area contributed by atoms with E-state index < -0.39 is 13.1 Å². The summed E-state index contributed by atoms with van der Waals surface area (Å²) in [5, 5.41) is 0. The first-order valence-electron chi connectivity index (χ1n) is 5.44. The van der Waals surface area contributed by atoms with E-state index in [1.807, 2.05) is 27.7 Å². The first-order valence-corrected chi connectivity index (χ1v) is 5.44. The SMILES string of the molecule is CCOC(=O)C#CB(OC(C)C)OC(C)C. The van der Waals surface area contributed by atoms with Crippen molar-refractivity contribution in [2.75, 3.05) is 6.61 Å². The second-order valence-electron chi connectivity index (χ2n) is 3.69. The molecule has 0 N–H and O–H groups in total. The van der Waals surface area contributed by atoms with E-state index in [0.29, 0.717) is 6.61 Å². The molecule has 5 heteroatoms. The molecule has 0 saturated carbocycles. The van der Waals surface area contributed by atoms with Gasteiger partial charge in [0.2, 0.25) is 0 Å². The Hall–Kier alpha value is -0.985. The van der Waals surface area contributed by atoms with E-state index in [2.05, 4.69) is 16.5 Å². The first kappa shape index (κ1) is 15.0. The Labute approximate surface area is 97.8 Å². The Bertz CT molecular complexity index is 255. The summed E-state index contributed by atoms with van der Waals surface area (Å²) in [7, 11) is -0.690. The predicted molar refractivity (Wildman–Crippen MR) is 62.6 cm³/mol. The second kappa shape index (κ2) is 8.20. The summed E-state index contributed by atoms with van der Waals surface area (Å²) in [4.78, 5) is 11.0. The Kier molecular flexibility index (Phi) is 7.70. The fraction of sp³-hybridized carbons (Fsp3) is 0.727. The van der Waals surface area contributed by atoms with Gasteiger partial charge in [0.1, 0.15) is 0 Å². The van der Waals surface area contributed by atoms with Crippen molar-refractivity contribution in [2.45, 2.75) is 46.8 Å². The molecule has 0 saturated heterocycles. The quantitative estimate of drug-likeness (QED) is 0.404. The molecule has 16 heavy (non-hydrogen) atoms. The van der Waals surface area contributed by atoms with Gasteiger partial charge in [-0.1, -0.05) is 5.82 Å². The molecule has 0 bridgehead atoms. The lowest BCUT2D eigenvalue weighted by Gasteiger charge is -2.14. The van der Waals surface area contributed by atoms with Crippen molar-refractivity contribution in [2.24, 2.45) is 0 Å². The smallest absolute Gasteiger partial charge is 0.456 e. The van der Waals surface area contributed by atoms with Crippen LogP contribution in [-0.4, -0.2) is 31.9 Å². The molecule has 0 spiro atoms. The fourth-order valence-corrected chi connectivity index (χ4v) is 0.880. The number of rotatable bonds is 5. The van der Waals surface area contributed by atoms with Crippen LogP contribution in [0.3, 0.4) is 0 Å². The highest BCUT2D eigenvalue weighted by Gasteiger charge is 2.19. The Morgan fingerprint density at radius 1 is 1.19 bits per heavy atom. The fourth-order valence-electron chi connectivity index (χ4n) is 0.880. The maximum Gasteiger partial charge on any atom is 0.551 e. The Balaban J connectivity index is 4.33. The van der Waals surface area contributed by atoms with Crippen molar-refractivity contribution < 1.29 is 18.8 Å². The number of hydrogen-bond acceptors (Lipinski definition) is 4. The molecule has 0 aliphatic heterocycles.